The molecular formula is C30H27FO5. The number of carbonyl (C=O) groups is 2. The van der Waals surface area contributed by atoms with Crippen molar-refractivity contribution in [1.82, 2.24) is 0 Å². The van der Waals surface area contributed by atoms with Crippen LogP contribution in [0.2, 0.25) is 0 Å². The fraction of sp³-hybridized carbons (Fsp3) is 0.133. The summed E-state index contributed by atoms with van der Waals surface area (Å²) in [7, 11) is 0. The SMILES string of the molecule is C=C(C)COc1ccc(-c2ccc(-c3cc(OC(=O)C(=C)C)cc(OC(=O)C(=C)C)c3)cc2F)cc1. The zero-order chi connectivity index (χ0) is 26.4. The highest BCUT2D eigenvalue weighted by molar-refractivity contribution is 5.90. The van der Waals surface area contributed by atoms with Crippen LogP contribution in [-0.4, -0.2) is 18.5 Å². The maximum Gasteiger partial charge on any atom is 0.338 e. The van der Waals surface area contributed by atoms with Gasteiger partial charge in [0.2, 0.25) is 0 Å². The van der Waals surface area contributed by atoms with Crippen molar-refractivity contribution in [3.8, 4) is 39.5 Å². The fourth-order valence-corrected chi connectivity index (χ4v) is 3.11. The molecule has 0 aliphatic carbocycles. The Kier molecular flexibility index (Phi) is 8.22. The average Bonchev–Trinajstić information content (AvgIpc) is 2.82. The van der Waals surface area contributed by atoms with Crippen LogP contribution < -0.4 is 14.2 Å². The number of ether oxygens (including phenoxy) is 3. The minimum absolute atomic E-state index is 0.125. The first-order valence-electron chi connectivity index (χ1n) is 11.1. The van der Waals surface area contributed by atoms with Gasteiger partial charge in [0.1, 0.15) is 29.7 Å². The van der Waals surface area contributed by atoms with Crippen molar-refractivity contribution in [3.05, 3.63) is 103 Å². The van der Waals surface area contributed by atoms with E-state index in [2.05, 4.69) is 19.7 Å². The van der Waals surface area contributed by atoms with E-state index in [0.29, 0.717) is 34.6 Å². The van der Waals surface area contributed by atoms with Crippen LogP contribution in [-0.2, 0) is 9.59 Å². The van der Waals surface area contributed by atoms with Gasteiger partial charge >= 0.3 is 11.9 Å². The molecule has 0 radical (unpaired) electrons. The molecule has 0 N–H and O–H groups in total. The van der Waals surface area contributed by atoms with Crippen LogP contribution in [0.15, 0.2) is 97.1 Å². The van der Waals surface area contributed by atoms with Crippen LogP contribution in [0, 0.1) is 5.82 Å². The molecule has 0 atom stereocenters. The van der Waals surface area contributed by atoms with Gasteiger partial charge < -0.3 is 14.2 Å². The van der Waals surface area contributed by atoms with E-state index in [4.69, 9.17) is 14.2 Å². The van der Waals surface area contributed by atoms with E-state index in [1.54, 1.807) is 48.5 Å². The van der Waals surface area contributed by atoms with Crippen LogP contribution in [0.25, 0.3) is 22.3 Å². The minimum atomic E-state index is -0.637. The molecule has 0 aromatic heterocycles. The summed E-state index contributed by atoms with van der Waals surface area (Å²) in [5.41, 5.74) is 3.38. The van der Waals surface area contributed by atoms with Crippen molar-refractivity contribution in [3.63, 3.8) is 0 Å². The normalized spacial score (nSPS) is 10.3. The quantitative estimate of drug-likeness (QED) is 0.140. The minimum Gasteiger partial charge on any atom is -0.489 e. The number of esters is 2. The molecule has 0 saturated heterocycles. The molecule has 184 valence electrons. The summed E-state index contributed by atoms with van der Waals surface area (Å²) in [5.74, 6) is -0.813. The third-order valence-corrected chi connectivity index (χ3v) is 4.95. The fourth-order valence-electron chi connectivity index (χ4n) is 3.11. The first kappa shape index (κ1) is 26.2. The molecule has 0 fully saturated rings. The van der Waals surface area contributed by atoms with Gasteiger partial charge in [-0.05, 0) is 73.4 Å². The third-order valence-electron chi connectivity index (χ3n) is 4.95. The second-order valence-corrected chi connectivity index (χ2v) is 8.50. The van der Waals surface area contributed by atoms with E-state index in [1.165, 1.54) is 26.0 Å². The van der Waals surface area contributed by atoms with Crippen LogP contribution >= 0.6 is 0 Å². The van der Waals surface area contributed by atoms with E-state index in [-0.39, 0.29) is 22.6 Å². The Hall–Kier alpha value is -4.45. The number of hydrogen-bond acceptors (Lipinski definition) is 5. The number of rotatable bonds is 9. The molecule has 0 saturated carbocycles. The Morgan fingerprint density at radius 1 is 0.694 bits per heavy atom. The molecule has 0 unspecified atom stereocenters. The first-order valence-corrected chi connectivity index (χ1v) is 11.1. The van der Waals surface area contributed by atoms with Crippen LogP contribution in [0.4, 0.5) is 4.39 Å². The second kappa shape index (κ2) is 11.3. The monoisotopic (exact) mass is 486 g/mol. The highest BCUT2D eigenvalue weighted by Crippen LogP contribution is 2.34. The lowest BCUT2D eigenvalue weighted by molar-refractivity contribution is -0.130. The Morgan fingerprint density at radius 3 is 1.69 bits per heavy atom. The summed E-state index contributed by atoms with van der Waals surface area (Å²) < 4.78 is 31.4. The molecule has 3 rings (SSSR count). The van der Waals surface area contributed by atoms with Gasteiger partial charge in [-0.15, -0.1) is 0 Å². The van der Waals surface area contributed by atoms with Gasteiger partial charge in [-0.1, -0.05) is 44.0 Å². The predicted molar refractivity (Wildman–Crippen MR) is 138 cm³/mol. The van der Waals surface area contributed by atoms with Crippen LogP contribution in [0.3, 0.4) is 0 Å². The van der Waals surface area contributed by atoms with Crippen molar-refractivity contribution in [1.29, 1.82) is 0 Å². The van der Waals surface area contributed by atoms with Gasteiger partial charge in [0.25, 0.3) is 0 Å². The van der Waals surface area contributed by atoms with Gasteiger partial charge in [-0.25, -0.2) is 14.0 Å². The molecule has 0 spiro atoms. The van der Waals surface area contributed by atoms with E-state index in [9.17, 15) is 9.59 Å². The number of benzene rings is 3. The molecule has 0 amide bonds. The van der Waals surface area contributed by atoms with Gasteiger partial charge in [0.05, 0.1) is 0 Å². The zero-order valence-electron chi connectivity index (χ0n) is 20.5. The molecule has 3 aromatic carbocycles. The van der Waals surface area contributed by atoms with Gasteiger partial charge in [-0.2, -0.15) is 0 Å². The predicted octanol–water partition coefficient (Wildman–Crippen LogP) is 7.08. The largest absolute Gasteiger partial charge is 0.489 e. The Labute approximate surface area is 210 Å². The molecule has 0 bridgehead atoms. The summed E-state index contributed by atoms with van der Waals surface area (Å²) in [6, 6.07) is 16.4. The number of hydrogen-bond donors (Lipinski definition) is 0. The molecule has 0 heterocycles. The lowest BCUT2D eigenvalue weighted by Gasteiger charge is -2.12. The molecule has 0 aliphatic heterocycles. The lowest BCUT2D eigenvalue weighted by atomic mass is 9.99. The van der Waals surface area contributed by atoms with Gasteiger partial charge in [0, 0.05) is 22.8 Å². The van der Waals surface area contributed by atoms with Crippen LogP contribution in [0.1, 0.15) is 20.8 Å². The second-order valence-electron chi connectivity index (χ2n) is 8.50. The Balaban J connectivity index is 1.94. The number of carbonyl (C=O) groups excluding carboxylic acids is 2. The third kappa shape index (κ3) is 6.79. The summed E-state index contributed by atoms with van der Waals surface area (Å²) in [6.07, 6.45) is 0. The molecular weight excluding hydrogens is 459 g/mol. The maximum absolute atomic E-state index is 15.2. The average molecular weight is 487 g/mol. The van der Waals surface area contributed by atoms with Crippen molar-refractivity contribution >= 4 is 11.9 Å². The van der Waals surface area contributed by atoms with E-state index >= 15 is 4.39 Å². The first-order chi connectivity index (χ1) is 17.0. The molecule has 3 aromatic rings. The van der Waals surface area contributed by atoms with Gasteiger partial charge in [-0.3, -0.25) is 0 Å². The maximum atomic E-state index is 15.2. The highest BCUT2D eigenvalue weighted by Gasteiger charge is 2.14. The topological polar surface area (TPSA) is 61.8 Å². The summed E-state index contributed by atoms with van der Waals surface area (Å²) in [5, 5.41) is 0. The van der Waals surface area contributed by atoms with E-state index in [1.807, 2.05) is 6.92 Å². The Morgan fingerprint density at radius 2 is 1.22 bits per heavy atom. The standard InChI is InChI=1S/C30H27FO5/c1-18(2)17-34-24-10-7-21(8-11-24)27-12-9-22(15-28(27)31)23-13-25(35-29(32)19(3)4)16-26(14-23)36-30(33)20(5)6/h7-16H,1,3,5,17H2,2,4,6H3. The molecule has 6 heteroatoms. The summed E-state index contributed by atoms with van der Waals surface area (Å²) >= 11 is 0. The van der Waals surface area contributed by atoms with Crippen molar-refractivity contribution in [2.24, 2.45) is 0 Å². The van der Waals surface area contributed by atoms with Crippen molar-refractivity contribution in [2.75, 3.05) is 6.61 Å². The highest BCUT2D eigenvalue weighted by atomic mass is 19.1. The smallest absolute Gasteiger partial charge is 0.338 e. The molecule has 36 heavy (non-hydrogen) atoms. The summed E-state index contributed by atoms with van der Waals surface area (Å²) in [6.45, 7) is 16.2. The van der Waals surface area contributed by atoms with Crippen molar-refractivity contribution < 1.29 is 28.2 Å². The molecule has 0 aliphatic rings. The van der Waals surface area contributed by atoms with E-state index in [0.717, 1.165) is 5.57 Å². The van der Waals surface area contributed by atoms with Crippen molar-refractivity contribution in [2.45, 2.75) is 20.8 Å². The Bertz CT molecular complexity index is 1310. The zero-order valence-corrected chi connectivity index (χ0v) is 20.5. The summed E-state index contributed by atoms with van der Waals surface area (Å²) in [4.78, 5) is 24.1. The van der Waals surface area contributed by atoms with E-state index < -0.39 is 17.8 Å². The number of halogens is 1. The molecule has 5 nitrogen and oxygen atoms in total. The van der Waals surface area contributed by atoms with Gasteiger partial charge in [0.15, 0.2) is 0 Å². The lowest BCUT2D eigenvalue weighted by Crippen LogP contribution is -2.10. The van der Waals surface area contributed by atoms with Crippen LogP contribution in [0.5, 0.6) is 17.2 Å².